The van der Waals surface area contributed by atoms with Gasteiger partial charge in [-0.05, 0) is 43.4 Å². The van der Waals surface area contributed by atoms with Gasteiger partial charge in [0.25, 0.3) is 0 Å². The zero-order valence-corrected chi connectivity index (χ0v) is 12.9. The molecule has 0 aromatic heterocycles. The van der Waals surface area contributed by atoms with Gasteiger partial charge in [-0.2, -0.15) is 0 Å². The van der Waals surface area contributed by atoms with E-state index in [0.29, 0.717) is 19.1 Å². The molecule has 1 aromatic carbocycles. The van der Waals surface area contributed by atoms with E-state index in [1.807, 2.05) is 24.3 Å². The maximum atomic E-state index is 12.4. The number of para-hydroxylation sites is 1. The Labute approximate surface area is 131 Å². The lowest BCUT2D eigenvalue weighted by atomic mass is 9.95. The molecule has 1 saturated carbocycles. The second kappa shape index (κ2) is 7.14. The lowest BCUT2D eigenvalue weighted by Gasteiger charge is -2.27. The van der Waals surface area contributed by atoms with Crippen LogP contribution in [0.2, 0.25) is 0 Å². The van der Waals surface area contributed by atoms with E-state index in [4.69, 9.17) is 10.5 Å². The third kappa shape index (κ3) is 3.50. The van der Waals surface area contributed by atoms with Crippen molar-refractivity contribution in [1.82, 2.24) is 5.32 Å². The van der Waals surface area contributed by atoms with Crippen LogP contribution in [-0.4, -0.2) is 25.1 Å². The van der Waals surface area contributed by atoms with Gasteiger partial charge in [0.15, 0.2) is 0 Å². The summed E-state index contributed by atoms with van der Waals surface area (Å²) in [4.78, 5) is 12.4. The van der Waals surface area contributed by atoms with Crippen LogP contribution < -0.4 is 15.8 Å². The molecule has 2 aliphatic rings. The monoisotopic (exact) mass is 310 g/mol. The van der Waals surface area contributed by atoms with Crippen LogP contribution in [0, 0.1) is 11.8 Å². The molecule has 116 valence electrons. The molecule has 1 heterocycles. The van der Waals surface area contributed by atoms with Crippen molar-refractivity contribution in [2.45, 2.75) is 31.7 Å². The van der Waals surface area contributed by atoms with Crippen molar-refractivity contribution in [2.75, 3.05) is 13.2 Å². The van der Waals surface area contributed by atoms with E-state index in [-0.39, 0.29) is 30.3 Å². The Bertz CT molecular complexity index is 495. The largest absolute Gasteiger partial charge is 0.492 e. The van der Waals surface area contributed by atoms with Crippen molar-refractivity contribution in [3.8, 4) is 5.75 Å². The first-order chi connectivity index (χ1) is 9.78. The van der Waals surface area contributed by atoms with Gasteiger partial charge in [0, 0.05) is 6.04 Å². The quantitative estimate of drug-likeness (QED) is 0.896. The maximum absolute atomic E-state index is 12.4. The first kappa shape index (κ1) is 16.1. The van der Waals surface area contributed by atoms with E-state index >= 15 is 0 Å². The third-order valence-electron chi connectivity index (χ3n) is 4.54. The van der Waals surface area contributed by atoms with E-state index in [0.717, 1.165) is 37.0 Å². The van der Waals surface area contributed by atoms with Gasteiger partial charge >= 0.3 is 0 Å². The number of carbonyl (C=O) groups is 1. The summed E-state index contributed by atoms with van der Waals surface area (Å²) in [5, 5.41) is 3.18. The van der Waals surface area contributed by atoms with Crippen LogP contribution in [0.5, 0.6) is 5.75 Å². The summed E-state index contributed by atoms with van der Waals surface area (Å²) in [6.45, 7) is 1.14. The number of rotatable bonds is 3. The Hall–Kier alpha value is -1.26. The van der Waals surface area contributed by atoms with Gasteiger partial charge in [-0.1, -0.05) is 24.6 Å². The lowest BCUT2D eigenvalue weighted by molar-refractivity contribution is -0.127. The number of ether oxygens (including phenoxy) is 1. The van der Waals surface area contributed by atoms with Crippen LogP contribution in [0.4, 0.5) is 0 Å². The van der Waals surface area contributed by atoms with Crippen molar-refractivity contribution < 1.29 is 9.53 Å². The molecule has 3 N–H and O–H groups in total. The summed E-state index contributed by atoms with van der Waals surface area (Å²) >= 11 is 0. The minimum Gasteiger partial charge on any atom is -0.492 e. The Balaban J connectivity index is 0.00000161. The number of hydrogen-bond acceptors (Lipinski definition) is 3. The highest BCUT2D eigenvalue weighted by Crippen LogP contribution is 2.28. The predicted molar refractivity (Wildman–Crippen MR) is 84.7 cm³/mol. The van der Waals surface area contributed by atoms with Crippen molar-refractivity contribution >= 4 is 18.3 Å². The number of hydrogen-bond donors (Lipinski definition) is 2. The molecule has 1 fully saturated rings. The van der Waals surface area contributed by atoms with Gasteiger partial charge in [-0.15, -0.1) is 12.4 Å². The number of amides is 1. The summed E-state index contributed by atoms with van der Waals surface area (Å²) in [5.74, 6) is 1.39. The summed E-state index contributed by atoms with van der Waals surface area (Å²) in [6.07, 6.45) is 4.11. The molecule has 0 saturated heterocycles. The molecule has 21 heavy (non-hydrogen) atoms. The SMILES string of the molecule is Cl.NCC1CCCC1NC(=O)C1COc2ccccc2C1. The summed E-state index contributed by atoms with van der Waals surface area (Å²) in [7, 11) is 0. The second-order valence-electron chi connectivity index (χ2n) is 5.86. The molecule has 3 rings (SSSR count). The molecule has 0 spiro atoms. The van der Waals surface area contributed by atoms with Crippen molar-refractivity contribution in [3.63, 3.8) is 0 Å². The van der Waals surface area contributed by atoms with Crippen LogP contribution in [0.25, 0.3) is 0 Å². The van der Waals surface area contributed by atoms with Gasteiger partial charge in [-0.3, -0.25) is 4.79 Å². The fraction of sp³-hybridized carbons (Fsp3) is 0.562. The Morgan fingerprint density at radius 2 is 2.14 bits per heavy atom. The van der Waals surface area contributed by atoms with Gasteiger partial charge in [0.05, 0.1) is 5.92 Å². The number of benzene rings is 1. The molecule has 3 unspecified atom stereocenters. The molecular formula is C16H23ClN2O2. The minimum atomic E-state index is -0.0797. The van der Waals surface area contributed by atoms with E-state index in [1.54, 1.807) is 0 Å². The molecule has 5 heteroatoms. The fourth-order valence-corrected chi connectivity index (χ4v) is 3.31. The number of halogens is 1. The molecule has 0 radical (unpaired) electrons. The average Bonchev–Trinajstić information content (AvgIpc) is 2.94. The normalized spacial score (nSPS) is 27.2. The van der Waals surface area contributed by atoms with E-state index in [1.165, 1.54) is 0 Å². The average molecular weight is 311 g/mol. The summed E-state index contributed by atoms with van der Waals surface area (Å²) in [5.41, 5.74) is 6.89. The predicted octanol–water partition coefficient (Wildman–Crippen LogP) is 1.90. The molecule has 1 amide bonds. The van der Waals surface area contributed by atoms with Gasteiger partial charge in [-0.25, -0.2) is 0 Å². The van der Waals surface area contributed by atoms with Gasteiger partial charge < -0.3 is 15.8 Å². The molecule has 4 nitrogen and oxygen atoms in total. The standard InChI is InChI=1S/C16H22N2O2.ClH/c17-9-12-5-3-6-14(12)18-16(19)13-8-11-4-1-2-7-15(11)20-10-13;/h1-2,4,7,12-14H,3,5-6,8-10,17H2,(H,18,19);1H. The highest BCUT2D eigenvalue weighted by molar-refractivity contribution is 5.85. The van der Waals surface area contributed by atoms with E-state index in [2.05, 4.69) is 5.32 Å². The molecule has 3 atom stereocenters. The highest BCUT2D eigenvalue weighted by Gasteiger charge is 2.31. The van der Waals surface area contributed by atoms with Crippen molar-refractivity contribution in [2.24, 2.45) is 17.6 Å². The first-order valence-electron chi connectivity index (χ1n) is 7.49. The second-order valence-corrected chi connectivity index (χ2v) is 5.86. The summed E-state index contributed by atoms with van der Waals surface area (Å²) in [6, 6.07) is 8.20. The van der Waals surface area contributed by atoms with Gasteiger partial charge in [0.2, 0.25) is 5.91 Å². The zero-order valence-electron chi connectivity index (χ0n) is 12.1. The van der Waals surface area contributed by atoms with Crippen molar-refractivity contribution in [3.05, 3.63) is 29.8 Å². The van der Waals surface area contributed by atoms with E-state index < -0.39 is 0 Å². The molecule has 1 aromatic rings. The van der Waals surface area contributed by atoms with E-state index in [9.17, 15) is 4.79 Å². The Morgan fingerprint density at radius 1 is 1.33 bits per heavy atom. The zero-order chi connectivity index (χ0) is 13.9. The molecule has 1 aliphatic carbocycles. The van der Waals surface area contributed by atoms with Crippen LogP contribution >= 0.6 is 12.4 Å². The van der Waals surface area contributed by atoms with Crippen LogP contribution in [0.1, 0.15) is 24.8 Å². The van der Waals surface area contributed by atoms with Crippen LogP contribution in [-0.2, 0) is 11.2 Å². The summed E-state index contributed by atoms with van der Waals surface area (Å²) < 4.78 is 5.69. The Morgan fingerprint density at radius 3 is 2.95 bits per heavy atom. The number of nitrogens with one attached hydrogen (secondary N) is 1. The Kier molecular flexibility index (Phi) is 5.48. The highest BCUT2D eigenvalue weighted by atomic mass is 35.5. The van der Waals surface area contributed by atoms with Crippen LogP contribution in [0.15, 0.2) is 24.3 Å². The first-order valence-corrected chi connectivity index (χ1v) is 7.49. The maximum Gasteiger partial charge on any atom is 0.227 e. The topological polar surface area (TPSA) is 64.3 Å². The number of nitrogens with two attached hydrogens (primary N) is 1. The smallest absolute Gasteiger partial charge is 0.227 e. The molecular weight excluding hydrogens is 288 g/mol. The molecule has 1 aliphatic heterocycles. The number of carbonyl (C=O) groups excluding carboxylic acids is 1. The third-order valence-corrected chi connectivity index (χ3v) is 4.54. The van der Waals surface area contributed by atoms with Gasteiger partial charge in [0.1, 0.15) is 12.4 Å². The van der Waals surface area contributed by atoms with Crippen LogP contribution in [0.3, 0.4) is 0 Å². The number of fused-ring (bicyclic) bond motifs is 1. The fourth-order valence-electron chi connectivity index (χ4n) is 3.31. The molecule has 0 bridgehead atoms. The van der Waals surface area contributed by atoms with Crippen molar-refractivity contribution in [1.29, 1.82) is 0 Å². The lowest BCUT2D eigenvalue weighted by Crippen LogP contribution is -2.45. The minimum absolute atomic E-state index is 0.